The van der Waals surface area contributed by atoms with Crippen molar-refractivity contribution in [2.45, 2.75) is 56.6 Å². The van der Waals surface area contributed by atoms with E-state index in [0.29, 0.717) is 12.8 Å². The van der Waals surface area contributed by atoms with Gasteiger partial charge < -0.3 is 9.52 Å². The Morgan fingerprint density at radius 2 is 1.85 bits per heavy atom. The Kier molecular flexibility index (Phi) is 4.14. The lowest BCUT2D eigenvalue weighted by Crippen LogP contribution is -2.55. The van der Waals surface area contributed by atoms with Gasteiger partial charge in [-0.25, -0.2) is 0 Å². The van der Waals surface area contributed by atoms with Crippen LogP contribution in [0.3, 0.4) is 0 Å². The van der Waals surface area contributed by atoms with Gasteiger partial charge in [-0.3, -0.25) is 4.18 Å². The molecule has 4 rings (SSSR count). The molecule has 1 heterocycles. The first kappa shape index (κ1) is 18.5. The highest BCUT2D eigenvalue weighted by molar-refractivity contribution is 7.86. The Bertz CT molecular complexity index is 997. The molecule has 0 amide bonds. The van der Waals surface area contributed by atoms with E-state index in [9.17, 15) is 13.5 Å². The van der Waals surface area contributed by atoms with Crippen LogP contribution in [0.1, 0.15) is 43.4 Å². The van der Waals surface area contributed by atoms with Gasteiger partial charge in [0.2, 0.25) is 0 Å². The van der Waals surface area contributed by atoms with Crippen molar-refractivity contribution in [2.75, 3.05) is 0 Å². The summed E-state index contributed by atoms with van der Waals surface area (Å²) in [4.78, 5) is 0.102. The predicted octanol–water partition coefficient (Wildman–Crippen LogP) is 3.85. The van der Waals surface area contributed by atoms with E-state index < -0.39 is 21.8 Å². The van der Waals surface area contributed by atoms with Crippen molar-refractivity contribution in [2.24, 2.45) is 5.41 Å². The maximum Gasteiger partial charge on any atom is 0.297 e. The molecular weight excluding hydrogens is 364 g/mol. The second-order valence-electron chi connectivity index (χ2n) is 8.52. The van der Waals surface area contributed by atoms with Crippen molar-refractivity contribution in [3.05, 3.63) is 59.1 Å². The molecule has 27 heavy (non-hydrogen) atoms. The van der Waals surface area contributed by atoms with Crippen molar-refractivity contribution < 1.29 is 22.1 Å². The lowest BCUT2D eigenvalue weighted by Gasteiger charge is -2.48. The SMILES string of the molecule is Cc1ccc(S(=O)(=O)O[C@H]2CC(C)(C)CC3=Cc4cocc4C[C@]32O)cc1. The number of rotatable bonds is 3. The molecule has 1 N–H and O–H groups in total. The summed E-state index contributed by atoms with van der Waals surface area (Å²) in [5.74, 6) is 0. The van der Waals surface area contributed by atoms with Crippen LogP contribution in [0.15, 0.2) is 51.7 Å². The molecule has 0 spiro atoms. The summed E-state index contributed by atoms with van der Waals surface area (Å²) >= 11 is 0. The van der Waals surface area contributed by atoms with Crippen LogP contribution in [0.4, 0.5) is 0 Å². The highest BCUT2D eigenvalue weighted by Gasteiger charge is 2.52. The van der Waals surface area contributed by atoms with Crippen LogP contribution >= 0.6 is 0 Å². The molecule has 0 aliphatic heterocycles. The lowest BCUT2D eigenvalue weighted by atomic mass is 9.63. The summed E-state index contributed by atoms with van der Waals surface area (Å²) in [6, 6.07) is 6.54. The zero-order valence-corrected chi connectivity index (χ0v) is 16.5. The van der Waals surface area contributed by atoms with Crippen molar-refractivity contribution in [1.29, 1.82) is 0 Å². The molecule has 1 aromatic heterocycles. The summed E-state index contributed by atoms with van der Waals surface area (Å²) in [7, 11) is -3.99. The van der Waals surface area contributed by atoms with Crippen LogP contribution in [0.2, 0.25) is 0 Å². The summed E-state index contributed by atoms with van der Waals surface area (Å²) in [6.45, 7) is 6.02. The first-order valence-electron chi connectivity index (χ1n) is 9.08. The Morgan fingerprint density at radius 1 is 1.15 bits per heavy atom. The smallest absolute Gasteiger partial charge is 0.297 e. The zero-order valence-electron chi connectivity index (χ0n) is 15.7. The Balaban J connectivity index is 1.72. The van der Waals surface area contributed by atoms with Gasteiger partial charge in [-0.05, 0) is 49.0 Å². The molecule has 0 bridgehead atoms. The van der Waals surface area contributed by atoms with Gasteiger partial charge in [-0.1, -0.05) is 31.5 Å². The summed E-state index contributed by atoms with van der Waals surface area (Å²) < 4.78 is 36.7. The number of hydrogen-bond donors (Lipinski definition) is 1. The fourth-order valence-electron chi connectivity index (χ4n) is 4.13. The zero-order chi connectivity index (χ0) is 19.4. The largest absolute Gasteiger partial charge is 0.472 e. The molecule has 0 unspecified atom stereocenters. The average Bonchev–Trinajstić information content (AvgIpc) is 3.00. The number of furan rings is 1. The second kappa shape index (κ2) is 6.06. The van der Waals surface area contributed by atoms with Crippen molar-refractivity contribution in [3.63, 3.8) is 0 Å². The average molecular weight is 388 g/mol. The van der Waals surface area contributed by atoms with Gasteiger partial charge in [-0.15, -0.1) is 0 Å². The van der Waals surface area contributed by atoms with Crippen LogP contribution in [-0.4, -0.2) is 25.2 Å². The van der Waals surface area contributed by atoms with Gasteiger partial charge in [0.15, 0.2) is 0 Å². The highest BCUT2D eigenvalue weighted by atomic mass is 32.2. The predicted molar refractivity (Wildman–Crippen MR) is 102 cm³/mol. The van der Waals surface area contributed by atoms with Crippen molar-refractivity contribution >= 4 is 16.2 Å². The molecule has 1 saturated carbocycles. The molecule has 5 nitrogen and oxygen atoms in total. The molecular formula is C21H24O5S. The van der Waals surface area contributed by atoms with Gasteiger partial charge in [-0.2, -0.15) is 8.42 Å². The maximum atomic E-state index is 12.9. The van der Waals surface area contributed by atoms with Crippen molar-refractivity contribution in [3.8, 4) is 0 Å². The third-order valence-electron chi connectivity index (χ3n) is 5.61. The molecule has 2 atom stereocenters. The minimum Gasteiger partial charge on any atom is -0.472 e. The van der Waals surface area contributed by atoms with Gasteiger partial charge in [0.05, 0.1) is 17.4 Å². The molecule has 2 aliphatic carbocycles. The van der Waals surface area contributed by atoms with Crippen LogP contribution in [0.25, 0.3) is 6.08 Å². The number of aryl methyl sites for hydroxylation is 1. The maximum absolute atomic E-state index is 12.9. The molecule has 144 valence electrons. The van der Waals surface area contributed by atoms with E-state index in [-0.39, 0.29) is 16.7 Å². The number of aliphatic hydroxyl groups is 1. The van der Waals surface area contributed by atoms with Gasteiger partial charge in [0.1, 0.15) is 11.7 Å². The van der Waals surface area contributed by atoms with Crippen molar-refractivity contribution in [1.82, 2.24) is 0 Å². The van der Waals surface area contributed by atoms with E-state index in [1.807, 2.05) is 13.0 Å². The molecule has 1 aromatic carbocycles. The highest BCUT2D eigenvalue weighted by Crippen LogP contribution is 2.50. The van der Waals surface area contributed by atoms with Gasteiger partial charge >= 0.3 is 0 Å². The summed E-state index contributed by atoms with van der Waals surface area (Å²) in [5.41, 5.74) is 2.03. The fraction of sp³-hybridized carbons (Fsp3) is 0.429. The second-order valence-corrected chi connectivity index (χ2v) is 10.1. The topological polar surface area (TPSA) is 76.7 Å². The van der Waals surface area contributed by atoms with E-state index in [1.165, 1.54) is 12.1 Å². The van der Waals surface area contributed by atoms with E-state index in [0.717, 1.165) is 22.3 Å². The van der Waals surface area contributed by atoms with E-state index in [1.54, 1.807) is 24.7 Å². The molecule has 1 fully saturated rings. The molecule has 2 aliphatic rings. The van der Waals surface area contributed by atoms with E-state index >= 15 is 0 Å². The fourth-order valence-corrected chi connectivity index (χ4v) is 5.24. The van der Waals surface area contributed by atoms with Crippen LogP contribution in [-0.2, 0) is 20.7 Å². The normalized spacial score (nSPS) is 26.8. The third kappa shape index (κ3) is 3.26. The minimum absolute atomic E-state index is 0.102. The Morgan fingerprint density at radius 3 is 2.56 bits per heavy atom. The number of fused-ring (bicyclic) bond motifs is 2. The number of benzene rings is 1. The lowest BCUT2D eigenvalue weighted by molar-refractivity contribution is -0.0727. The van der Waals surface area contributed by atoms with Crippen LogP contribution in [0, 0.1) is 12.3 Å². The summed E-state index contributed by atoms with van der Waals surface area (Å²) in [5, 5.41) is 11.5. The van der Waals surface area contributed by atoms with Gasteiger partial charge in [0, 0.05) is 17.5 Å². The molecule has 0 saturated heterocycles. The minimum atomic E-state index is -3.99. The Labute approximate surface area is 159 Å². The van der Waals surface area contributed by atoms with Gasteiger partial charge in [0.25, 0.3) is 10.1 Å². The Hall–Kier alpha value is -1.89. The molecule has 0 radical (unpaired) electrons. The van der Waals surface area contributed by atoms with E-state index in [2.05, 4.69) is 13.8 Å². The molecule has 2 aromatic rings. The monoisotopic (exact) mass is 388 g/mol. The van der Waals surface area contributed by atoms with Crippen LogP contribution < -0.4 is 0 Å². The molecule has 6 heteroatoms. The third-order valence-corrected chi connectivity index (χ3v) is 6.95. The van der Waals surface area contributed by atoms with E-state index in [4.69, 9.17) is 8.60 Å². The first-order valence-corrected chi connectivity index (χ1v) is 10.5. The number of hydrogen-bond acceptors (Lipinski definition) is 5. The van der Waals surface area contributed by atoms with Crippen LogP contribution in [0.5, 0.6) is 0 Å². The first-order chi connectivity index (χ1) is 12.6. The quantitative estimate of drug-likeness (QED) is 0.808. The standard InChI is InChI=1S/C21H24O5S/c1-14-4-6-18(7-5-14)27(23,24)26-19-11-20(2,3)10-17-8-15-12-25-13-16(15)9-21(17,19)22/h4-8,12-13,19,22H,9-11H2,1-3H3/t19-,21-/m0/s1. The summed E-state index contributed by atoms with van der Waals surface area (Å²) in [6.07, 6.45) is 5.72.